The number of ketones is 1. The average molecular weight is 513 g/mol. The number of non-ortho nitro benzene ring substituents is 1. The van der Waals surface area contributed by atoms with E-state index < -0.39 is 10.8 Å². The summed E-state index contributed by atoms with van der Waals surface area (Å²) in [5.74, 6) is -0.316. The van der Waals surface area contributed by atoms with Gasteiger partial charge in [-0.25, -0.2) is 0 Å². The number of hydrogen-bond donors (Lipinski definition) is 1. The van der Waals surface area contributed by atoms with Gasteiger partial charge in [0.25, 0.3) is 5.69 Å². The number of nitro groups is 1. The third kappa shape index (κ3) is 3.53. The van der Waals surface area contributed by atoms with Crippen molar-refractivity contribution in [3.63, 3.8) is 0 Å². The van der Waals surface area contributed by atoms with Gasteiger partial charge in [0, 0.05) is 44.1 Å². The lowest BCUT2D eigenvalue weighted by Crippen LogP contribution is -2.38. The molecule has 0 radical (unpaired) electrons. The fourth-order valence-electron chi connectivity index (χ4n) is 4.41. The first-order valence-electron chi connectivity index (χ1n) is 10.3. The Morgan fingerprint density at radius 2 is 2.12 bits per heavy atom. The number of thiophene rings is 1. The molecule has 0 saturated heterocycles. The maximum Gasteiger partial charge on any atom is 0.271 e. The number of allylic oxidation sites excluding steroid dienone is 3. The third-order valence-electron chi connectivity index (χ3n) is 5.94. The van der Waals surface area contributed by atoms with Crippen molar-refractivity contribution in [1.29, 1.82) is 5.26 Å². The SMILES string of the molecule is CCc1sc(C2C(C#N)=C(N)N(c3cc([N+](=O)[O-])ccc3C)C3=C2C(=O)CCC3)cc1Br. The molecule has 32 heavy (non-hydrogen) atoms. The van der Waals surface area contributed by atoms with Crippen molar-refractivity contribution in [2.75, 3.05) is 4.90 Å². The number of carbonyl (C=O) groups is 1. The molecule has 2 aromatic rings. The Balaban J connectivity index is 1.99. The number of halogens is 1. The highest BCUT2D eigenvalue weighted by atomic mass is 79.9. The second-order valence-electron chi connectivity index (χ2n) is 7.82. The molecule has 0 fully saturated rings. The fourth-order valence-corrected chi connectivity index (χ4v) is 6.44. The molecule has 1 aromatic carbocycles. The van der Waals surface area contributed by atoms with Gasteiger partial charge in [0.15, 0.2) is 5.78 Å². The zero-order chi connectivity index (χ0) is 23.2. The summed E-state index contributed by atoms with van der Waals surface area (Å²) < 4.78 is 0.957. The van der Waals surface area contributed by atoms with Crippen LogP contribution in [0.25, 0.3) is 0 Å². The number of nitriles is 1. The van der Waals surface area contributed by atoms with Gasteiger partial charge in [-0.05, 0) is 53.7 Å². The minimum absolute atomic E-state index is 0.00726. The predicted molar refractivity (Wildman–Crippen MR) is 127 cm³/mol. The molecule has 0 bridgehead atoms. The number of anilines is 1. The van der Waals surface area contributed by atoms with Crippen LogP contribution in [0.4, 0.5) is 11.4 Å². The number of nitrogens with two attached hydrogens (primary N) is 1. The van der Waals surface area contributed by atoms with Crippen molar-refractivity contribution in [1.82, 2.24) is 0 Å². The average Bonchev–Trinajstić information content (AvgIpc) is 3.14. The summed E-state index contributed by atoms with van der Waals surface area (Å²) in [5, 5.41) is 21.5. The number of nitro benzene ring substituents is 1. The Kier molecular flexibility index (Phi) is 5.93. The topological polar surface area (TPSA) is 113 Å². The Morgan fingerprint density at radius 1 is 1.38 bits per heavy atom. The first-order chi connectivity index (χ1) is 15.3. The summed E-state index contributed by atoms with van der Waals surface area (Å²) in [6.45, 7) is 3.89. The molecule has 1 unspecified atom stereocenters. The molecule has 0 amide bonds. The predicted octanol–water partition coefficient (Wildman–Crippen LogP) is 5.59. The molecular formula is C23H21BrN4O3S. The molecule has 2 N–H and O–H groups in total. The number of Topliss-reactive ketones (excluding diaryl/α,β-unsaturated/α-hetero) is 1. The molecule has 1 atom stereocenters. The second-order valence-corrected chi connectivity index (χ2v) is 9.84. The summed E-state index contributed by atoms with van der Waals surface area (Å²) in [5.41, 5.74) is 9.39. The summed E-state index contributed by atoms with van der Waals surface area (Å²) >= 11 is 5.16. The van der Waals surface area contributed by atoms with Gasteiger partial charge >= 0.3 is 0 Å². The van der Waals surface area contributed by atoms with E-state index in [1.807, 2.05) is 13.0 Å². The van der Waals surface area contributed by atoms with Crippen LogP contribution >= 0.6 is 27.3 Å². The van der Waals surface area contributed by atoms with Crippen LogP contribution in [-0.4, -0.2) is 10.7 Å². The van der Waals surface area contributed by atoms with Crippen LogP contribution in [0.3, 0.4) is 0 Å². The Hall–Kier alpha value is -2.96. The molecule has 4 rings (SSSR count). The van der Waals surface area contributed by atoms with Gasteiger partial charge in [0.2, 0.25) is 0 Å². The van der Waals surface area contributed by atoms with E-state index in [-0.39, 0.29) is 17.3 Å². The van der Waals surface area contributed by atoms with Crippen LogP contribution in [0.15, 0.2) is 51.4 Å². The summed E-state index contributed by atoms with van der Waals surface area (Å²) in [7, 11) is 0. The standard InChI is InChI=1S/C23H21BrN4O3S/c1-3-19-15(24)10-20(32-19)21-14(11-25)23(26)27(16-5-4-6-18(29)22(16)21)17-9-13(28(30)31)8-7-12(17)2/h7-10,21H,3-6,26H2,1-2H3. The smallest absolute Gasteiger partial charge is 0.271 e. The van der Waals surface area contributed by atoms with Crippen LogP contribution in [0.1, 0.15) is 47.4 Å². The van der Waals surface area contributed by atoms with Crippen molar-refractivity contribution in [2.45, 2.75) is 45.4 Å². The lowest BCUT2D eigenvalue weighted by molar-refractivity contribution is -0.384. The first kappa shape index (κ1) is 22.2. The van der Waals surface area contributed by atoms with Crippen molar-refractivity contribution in [2.24, 2.45) is 5.73 Å². The Bertz CT molecular complexity index is 1250. The first-order valence-corrected chi connectivity index (χ1v) is 11.9. The molecule has 164 valence electrons. The highest BCUT2D eigenvalue weighted by molar-refractivity contribution is 9.10. The van der Waals surface area contributed by atoms with Crippen LogP contribution in [0.5, 0.6) is 0 Å². The molecule has 2 heterocycles. The van der Waals surface area contributed by atoms with Crippen molar-refractivity contribution in [3.8, 4) is 6.07 Å². The van der Waals surface area contributed by atoms with Crippen molar-refractivity contribution >= 4 is 44.4 Å². The summed E-state index contributed by atoms with van der Waals surface area (Å²) in [6.07, 6.45) is 2.51. The zero-order valence-electron chi connectivity index (χ0n) is 17.6. The Labute approximate surface area is 198 Å². The van der Waals surface area contributed by atoms with Crippen molar-refractivity contribution in [3.05, 3.63) is 76.8 Å². The molecule has 7 nitrogen and oxygen atoms in total. The highest BCUT2D eigenvalue weighted by Crippen LogP contribution is 2.49. The van der Waals surface area contributed by atoms with E-state index in [0.29, 0.717) is 36.1 Å². The maximum atomic E-state index is 13.2. The zero-order valence-corrected chi connectivity index (χ0v) is 20.0. The quantitative estimate of drug-likeness (QED) is 0.421. The second kappa shape index (κ2) is 8.52. The number of benzene rings is 1. The molecule has 0 spiro atoms. The number of carbonyl (C=O) groups excluding carboxylic acids is 1. The fraction of sp³-hybridized carbons (Fsp3) is 0.304. The van der Waals surface area contributed by atoms with Gasteiger partial charge in [-0.15, -0.1) is 11.3 Å². The van der Waals surface area contributed by atoms with Crippen LogP contribution in [0.2, 0.25) is 0 Å². The van der Waals surface area contributed by atoms with E-state index in [1.54, 1.807) is 22.3 Å². The van der Waals surface area contributed by atoms with Crippen LogP contribution < -0.4 is 10.6 Å². The monoisotopic (exact) mass is 512 g/mol. The van der Waals surface area contributed by atoms with Gasteiger partial charge in [-0.2, -0.15) is 5.26 Å². The normalized spacial score (nSPS) is 18.6. The lowest BCUT2D eigenvalue weighted by Gasteiger charge is -2.39. The third-order valence-corrected chi connectivity index (χ3v) is 8.25. The van der Waals surface area contributed by atoms with Gasteiger partial charge in [-0.1, -0.05) is 13.0 Å². The van der Waals surface area contributed by atoms with E-state index >= 15 is 0 Å². The molecule has 2 aliphatic rings. The van der Waals surface area contributed by atoms with Gasteiger partial charge in [-0.3, -0.25) is 19.8 Å². The Morgan fingerprint density at radius 3 is 2.75 bits per heavy atom. The molecule has 9 heteroatoms. The summed E-state index contributed by atoms with van der Waals surface area (Å²) in [4.78, 5) is 27.9. The van der Waals surface area contributed by atoms with Gasteiger partial charge < -0.3 is 5.73 Å². The van der Waals surface area contributed by atoms with Gasteiger partial charge in [0.1, 0.15) is 5.82 Å². The molecule has 1 aromatic heterocycles. The molecule has 1 aliphatic heterocycles. The van der Waals surface area contributed by atoms with Crippen LogP contribution in [-0.2, 0) is 11.2 Å². The highest BCUT2D eigenvalue weighted by Gasteiger charge is 2.41. The number of aryl methyl sites for hydroxylation is 2. The minimum Gasteiger partial charge on any atom is -0.384 e. The number of rotatable bonds is 4. The largest absolute Gasteiger partial charge is 0.384 e. The van der Waals surface area contributed by atoms with E-state index in [2.05, 4.69) is 28.9 Å². The maximum absolute atomic E-state index is 13.2. The number of hydrogen-bond acceptors (Lipinski definition) is 7. The lowest BCUT2D eigenvalue weighted by atomic mass is 9.78. The van der Waals surface area contributed by atoms with Gasteiger partial charge in [0.05, 0.1) is 28.2 Å². The van der Waals surface area contributed by atoms with E-state index in [9.17, 15) is 20.2 Å². The van der Waals surface area contributed by atoms with Crippen LogP contribution in [0, 0.1) is 28.4 Å². The number of nitrogens with zero attached hydrogens (tertiary/aromatic N) is 3. The van der Waals surface area contributed by atoms with E-state index in [4.69, 9.17) is 5.73 Å². The molecule has 1 aliphatic carbocycles. The minimum atomic E-state index is -0.528. The summed E-state index contributed by atoms with van der Waals surface area (Å²) in [6, 6.07) is 8.77. The van der Waals surface area contributed by atoms with E-state index in [0.717, 1.165) is 31.9 Å². The molecule has 0 saturated carbocycles. The molecular weight excluding hydrogens is 492 g/mol. The van der Waals surface area contributed by atoms with E-state index in [1.165, 1.54) is 12.1 Å². The van der Waals surface area contributed by atoms with Crippen molar-refractivity contribution < 1.29 is 9.72 Å².